The summed E-state index contributed by atoms with van der Waals surface area (Å²) in [5, 5.41) is 2.67. The third kappa shape index (κ3) is 7.05. The zero-order valence-electron chi connectivity index (χ0n) is 18.9. The molecule has 2 aromatic carbocycles. The number of fused-ring (bicyclic) bond motifs is 1. The molecule has 0 atom stereocenters. The zero-order valence-corrected chi connectivity index (χ0v) is 18.9. The van der Waals surface area contributed by atoms with Gasteiger partial charge < -0.3 is 4.74 Å². The Kier molecular flexibility index (Phi) is 9.38. The van der Waals surface area contributed by atoms with E-state index in [1.54, 1.807) is 5.56 Å². The van der Waals surface area contributed by atoms with E-state index in [0.29, 0.717) is 0 Å². The van der Waals surface area contributed by atoms with Crippen molar-refractivity contribution in [2.45, 2.75) is 103 Å². The predicted octanol–water partition coefficient (Wildman–Crippen LogP) is 9.04. The maximum Gasteiger partial charge on any atom is 0.119 e. The van der Waals surface area contributed by atoms with Crippen LogP contribution in [0.5, 0.6) is 5.75 Å². The number of hydrogen-bond acceptors (Lipinski definition) is 1. The summed E-state index contributed by atoms with van der Waals surface area (Å²) in [4.78, 5) is 0. The van der Waals surface area contributed by atoms with Gasteiger partial charge in [0.15, 0.2) is 0 Å². The van der Waals surface area contributed by atoms with Gasteiger partial charge in [0.1, 0.15) is 5.75 Å². The fraction of sp³-hybridized carbons (Fsp3) is 0.643. The molecule has 1 fully saturated rings. The van der Waals surface area contributed by atoms with Gasteiger partial charge >= 0.3 is 0 Å². The summed E-state index contributed by atoms with van der Waals surface area (Å²) in [6, 6.07) is 13.7. The molecule has 0 radical (unpaired) electrons. The Hall–Kier alpha value is -1.50. The van der Waals surface area contributed by atoms with Crippen molar-refractivity contribution in [2.24, 2.45) is 5.92 Å². The van der Waals surface area contributed by atoms with E-state index in [4.69, 9.17) is 4.74 Å². The highest BCUT2D eigenvalue weighted by Gasteiger charge is 2.22. The van der Waals surface area contributed by atoms with Crippen molar-refractivity contribution in [1.82, 2.24) is 0 Å². The summed E-state index contributed by atoms with van der Waals surface area (Å²) in [6.07, 6.45) is 17.7. The Morgan fingerprint density at radius 1 is 0.724 bits per heavy atom. The van der Waals surface area contributed by atoms with E-state index in [1.807, 2.05) is 0 Å². The average Bonchev–Trinajstić information content (AvgIpc) is 2.77. The SMILES string of the molecule is CCCCCCCCOc1ccc2cc(C3CCC(CCCC)CC3)ccc2c1. The maximum absolute atomic E-state index is 6.01. The van der Waals surface area contributed by atoms with E-state index in [0.717, 1.165) is 24.2 Å². The van der Waals surface area contributed by atoms with Gasteiger partial charge in [-0.15, -0.1) is 0 Å². The third-order valence-electron chi connectivity index (χ3n) is 6.89. The van der Waals surface area contributed by atoms with Gasteiger partial charge in [-0.2, -0.15) is 0 Å². The van der Waals surface area contributed by atoms with Crippen molar-refractivity contribution in [3.8, 4) is 5.75 Å². The lowest BCUT2D eigenvalue weighted by molar-refractivity contribution is 0.304. The molecule has 1 nitrogen and oxygen atoms in total. The number of unbranched alkanes of at least 4 members (excludes halogenated alkanes) is 6. The van der Waals surface area contributed by atoms with Crippen LogP contribution >= 0.6 is 0 Å². The molecule has 0 aliphatic heterocycles. The molecule has 160 valence electrons. The van der Waals surface area contributed by atoms with E-state index in [9.17, 15) is 0 Å². The lowest BCUT2D eigenvalue weighted by Gasteiger charge is -2.29. The Balaban J connectivity index is 1.48. The molecule has 2 aromatic rings. The summed E-state index contributed by atoms with van der Waals surface area (Å²) >= 11 is 0. The number of ether oxygens (including phenoxy) is 1. The molecule has 0 spiro atoms. The minimum atomic E-state index is 0.765. The van der Waals surface area contributed by atoms with Gasteiger partial charge in [-0.05, 0) is 72.4 Å². The van der Waals surface area contributed by atoms with Gasteiger partial charge in [0.05, 0.1) is 6.61 Å². The van der Waals surface area contributed by atoms with Crippen LogP contribution in [0.25, 0.3) is 10.8 Å². The van der Waals surface area contributed by atoms with Crippen molar-refractivity contribution in [3.63, 3.8) is 0 Å². The molecule has 0 aromatic heterocycles. The minimum absolute atomic E-state index is 0.765. The highest BCUT2D eigenvalue weighted by Crippen LogP contribution is 2.38. The van der Waals surface area contributed by atoms with Crippen molar-refractivity contribution < 1.29 is 4.74 Å². The topological polar surface area (TPSA) is 9.23 Å². The van der Waals surface area contributed by atoms with Gasteiger partial charge in [0, 0.05) is 0 Å². The van der Waals surface area contributed by atoms with Crippen LogP contribution in [0.3, 0.4) is 0 Å². The first-order valence-electron chi connectivity index (χ1n) is 12.5. The van der Waals surface area contributed by atoms with Gasteiger partial charge in [0.2, 0.25) is 0 Å². The van der Waals surface area contributed by atoms with E-state index in [2.05, 4.69) is 50.2 Å². The van der Waals surface area contributed by atoms with Crippen LogP contribution in [-0.2, 0) is 0 Å². The van der Waals surface area contributed by atoms with Crippen LogP contribution < -0.4 is 4.74 Å². The standard InChI is InChI=1S/C28H42O/c1-3-5-7-8-9-10-20-29-28-19-18-26-21-25(16-17-27(26)22-28)24-14-12-23(13-15-24)11-6-4-2/h16-19,21-24H,3-15,20H2,1-2H3. The number of rotatable bonds is 12. The monoisotopic (exact) mass is 394 g/mol. The molecule has 0 heterocycles. The second-order valence-electron chi connectivity index (χ2n) is 9.24. The van der Waals surface area contributed by atoms with Gasteiger partial charge in [0.25, 0.3) is 0 Å². The summed E-state index contributed by atoms with van der Waals surface area (Å²) in [7, 11) is 0. The largest absolute Gasteiger partial charge is 0.494 e. The maximum atomic E-state index is 6.01. The van der Waals surface area contributed by atoms with E-state index >= 15 is 0 Å². The van der Waals surface area contributed by atoms with E-state index in [1.165, 1.54) is 94.2 Å². The Morgan fingerprint density at radius 3 is 2.21 bits per heavy atom. The molecule has 29 heavy (non-hydrogen) atoms. The van der Waals surface area contributed by atoms with Crippen LogP contribution in [0.4, 0.5) is 0 Å². The predicted molar refractivity (Wildman–Crippen MR) is 127 cm³/mol. The van der Waals surface area contributed by atoms with Crippen LogP contribution in [0, 0.1) is 5.92 Å². The summed E-state index contributed by atoms with van der Waals surface area (Å²) in [5.74, 6) is 2.77. The normalized spacial score (nSPS) is 19.5. The Bertz CT molecular complexity index is 711. The molecule has 1 saturated carbocycles. The highest BCUT2D eigenvalue weighted by atomic mass is 16.5. The van der Waals surface area contributed by atoms with Crippen LogP contribution in [0.1, 0.15) is 109 Å². The number of hydrogen-bond donors (Lipinski definition) is 0. The van der Waals surface area contributed by atoms with Gasteiger partial charge in [-0.1, -0.05) is 89.5 Å². The van der Waals surface area contributed by atoms with Gasteiger partial charge in [-0.3, -0.25) is 0 Å². The first-order chi connectivity index (χ1) is 14.3. The first kappa shape index (κ1) is 22.2. The second-order valence-corrected chi connectivity index (χ2v) is 9.24. The number of benzene rings is 2. The van der Waals surface area contributed by atoms with Crippen molar-refractivity contribution in [2.75, 3.05) is 6.61 Å². The van der Waals surface area contributed by atoms with E-state index < -0.39 is 0 Å². The molecule has 0 amide bonds. The zero-order chi connectivity index (χ0) is 20.3. The minimum Gasteiger partial charge on any atom is -0.494 e. The van der Waals surface area contributed by atoms with Crippen LogP contribution in [-0.4, -0.2) is 6.61 Å². The highest BCUT2D eigenvalue weighted by molar-refractivity contribution is 5.84. The van der Waals surface area contributed by atoms with Crippen molar-refractivity contribution in [3.05, 3.63) is 42.0 Å². The van der Waals surface area contributed by atoms with Crippen LogP contribution in [0.2, 0.25) is 0 Å². The summed E-state index contributed by atoms with van der Waals surface area (Å²) in [6.45, 7) is 5.42. The smallest absolute Gasteiger partial charge is 0.119 e. The van der Waals surface area contributed by atoms with Gasteiger partial charge in [-0.25, -0.2) is 0 Å². The summed E-state index contributed by atoms with van der Waals surface area (Å²) in [5.41, 5.74) is 1.55. The first-order valence-corrected chi connectivity index (χ1v) is 12.5. The fourth-order valence-corrected chi connectivity index (χ4v) is 4.94. The molecule has 0 N–H and O–H groups in total. The fourth-order valence-electron chi connectivity index (χ4n) is 4.94. The average molecular weight is 395 g/mol. The molecule has 1 aliphatic carbocycles. The Labute approximate surface area is 179 Å². The van der Waals surface area contributed by atoms with E-state index in [-0.39, 0.29) is 0 Å². The molecule has 0 bridgehead atoms. The lowest BCUT2D eigenvalue weighted by atomic mass is 9.77. The molecular formula is C28H42O. The Morgan fingerprint density at radius 2 is 1.41 bits per heavy atom. The summed E-state index contributed by atoms with van der Waals surface area (Å²) < 4.78 is 6.01. The third-order valence-corrected chi connectivity index (χ3v) is 6.89. The van der Waals surface area contributed by atoms with Crippen LogP contribution in [0.15, 0.2) is 36.4 Å². The molecular weight excluding hydrogens is 352 g/mol. The quantitative estimate of drug-likeness (QED) is 0.326. The van der Waals surface area contributed by atoms with Crippen molar-refractivity contribution in [1.29, 1.82) is 0 Å². The molecule has 3 rings (SSSR count). The second kappa shape index (κ2) is 12.3. The molecule has 1 heteroatoms. The molecule has 0 unspecified atom stereocenters. The molecule has 1 aliphatic rings. The molecule has 0 saturated heterocycles. The lowest BCUT2D eigenvalue weighted by Crippen LogP contribution is -2.13. The van der Waals surface area contributed by atoms with Crippen molar-refractivity contribution >= 4 is 10.8 Å².